The molecule has 8 nitrogen and oxygen atoms in total. The number of carbonyl (C=O) groups is 1. The zero-order chi connectivity index (χ0) is 22.0. The summed E-state index contributed by atoms with van der Waals surface area (Å²) >= 11 is 1.24. The van der Waals surface area contributed by atoms with Gasteiger partial charge in [-0.05, 0) is 42.7 Å². The van der Waals surface area contributed by atoms with Gasteiger partial charge in [-0.25, -0.2) is 9.97 Å². The number of nitrogens with zero attached hydrogens (tertiary/aromatic N) is 3. The number of hydrogen-bond donors (Lipinski definition) is 1. The van der Waals surface area contributed by atoms with Crippen LogP contribution in [0.15, 0.2) is 46.5 Å². The van der Waals surface area contributed by atoms with Crippen LogP contribution in [0, 0.1) is 5.92 Å². The molecule has 1 aliphatic heterocycles. The first kappa shape index (κ1) is 21.2. The summed E-state index contributed by atoms with van der Waals surface area (Å²) in [6.07, 6.45) is 1.61. The lowest BCUT2D eigenvalue weighted by atomic mass is 10.1. The van der Waals surface area contributed by atoms with Gasteiger partial charge in [-0.3, -0.25) is 14.2 Å². The molecule has 31 heavy (non-hydrogen) atoms. The topological polar surface area (TPSA) is 95.3 Å². The second kappa shape index (κ2) is 8.97. The molecule has 162 valence electrons. The molecule has 0 aliphatic carbocycles. The van der Waals surface area contributed by atoms with Crippen molar-refractivity contribution in [2.45, 2.75) is 38.5 Å². The fourth-order valence-corrected chi connectivity index (χ4v) is 4.16. The molecule has 2 aromatic heterocycles. The number of carbonyl (C=O) groups excluding carboxylic acids is 1. The van der Waals surface area contributed by atoms with Crippen molar-refractivity contribution in [2.75, 3.05) is 12.5 Å². The standard InChI is InChI=1S/C22H24N4O4S/c1-13(2)10-26-21(28)16-5-4-8-23-20(16)25-22(26)31-11-19(27)24-14(3)15-6-7-17-18(9-15)30-12-29-17/h4-9,13-14H,10-12H2,1-3H3,(H,24,27)/t14-/m1/s1. The highest BCUT2D eigenvalue weighted by molar-refractivity contribution is 7.99. The fraction of sp³-hybridized carbons (Fsp3) is 0.364. The molecular formula is C22H24N4O4S. The third-order valence-electron chi connectivity index (χ3n) is 4.85. The van der Waals surface area contributed by atoms with Crippen LogP contribution in [0.2, 0.25) is 0 Å². The van der Waals surface area contributed by atoms with Crippen LogP contribution < -0.4 is 20.3 Å². The van der Waals surface area contributed by atoms with Crippen LogP contribution in [-0.4, -0.2) is 33.0 Å². The first-order valence-electron chi connectivity index (χ1n) is 10.1. The van der Waals surface area contributed by atoms with Crippen molar-refractivity contribution in [1.29, 1.82) is 0 Å². The Morgan fingerprint density at radius 3 is 2.84 bits per heavy atom. The normalized spacial score (nSPS) is 13.5. The van der Waals surface area contributed by atoms with Crippen molar-refractivity contribution in [3.63, 3.8) is 0 Å². The molecule has 3 heterocycles. The number of fused-ring (bicyclic) bond motifs is 2. The van der Waals surface area contributed by atoms with Crippen LogP contribution in [0.1, 0.15) is 32.4 Å². The Hall–Kier alpha value is -3.07. The molecule has 9 heteroatoms. The van der Waals surface area contributed by atoms with Gasteiger partial charge in [0.2, 0.25) is 12.7 Å². The van der Waals surface area contributed by atoms with E-state index in [0.717, 1.165) is 5.56 Å². The highest BCUT2D eigenvalue weighted by Gasteiger charge is 2.18. The van der Waals surface area contributed by atoms with Gasteiger partial charge in [0.25, 0.3) is 5.56 Å². The first-order valence-corrected chi connectivity index (χ1v) is 11.1. The number of thioether (sulfide) groups is 1. The average molecular weight is 441 g/mol. The molecule has 1 N–H and O–H groups in total. The molecular weight excluding hydrogens is 416 g/mol. The Bertz CT molecular complexity index is 1180. The van der Waals surface area contributed by atoms with E-state index < -0.39 is 0 Å². The van der Waals surface area contributed by atoms with Gasteiger partial charge >= 0.3 is 0 Å². The molecule has 0 spiro atoms. The summed E-state index contributed by atoms with van der Waals surface area (Å²) in [4.78, 5) is 34.3. The van der Waals surface area contributed by atoms with Crippen molar-refractivity contribution in [3.8, 4) is 11.5 Å². The first-order chi connectivity index (χ1) is 14.9. The Labute approximate surface area is 184 Å². The lowest BCUT2D eigenvalue weighted by Crippen LogP contribution is -2.29. The molecule has 1 amide bonds. The second-order valence-corrected chi connectivity index (χ2v) is 8.71. The quantitative estimate of drug-likeness (QED) is 0.445. The number of nitrogens with one attached hydrogen (secondary N) is 1. The lowest BCUT2D eigenvalue weighted by Gasteiger charge is -2.16. The van der Waals surface area contributed by atoms with Gasteiger partial charge in [-0.2, -0.15) is 0 Å². The van der Waals surface area contributed by atoms with Gasteiger partial charge < -0.3 is 14.8 Å². The minimum atomic E-state index is -0.202. The van der Waals surface area contributed by atoms with Gasteiger partial charge in [0.1, 0.15) is 0 Å². The summed E-state index contributed by atoms with van der Waals surface area (Å²) in [7, 11) is 0. The number of aromatic nitrogens is 3. The summed E-state index contributed by atoms with van der Waals surface area (Å²) in [6, 6.07) is 8.86. The minimum absolute atomic E-state index is 0.136. The van der Waals surface area contributed by atoms with E-state index in [0.29, 0.717) is 34.2 Å². The fourth-order valence-electron chi connectivity index (χ4n) is 3.35. The minimum Gasteiger partial charge on any atom is -0.454 e. The Balaban J connectivity index is 1.48. The number of benzene rings is 1. The molecule has 3 aromatic rings. The smallest absolute Gasteiger partial charge is 0.263 e. The van der Waals surface area contributed by atoms with Gasteiger partial charge in [0.05, 0.1) is 17.2 Å². The van der Waals surface area contributed by atoms with Crippen LogP contribution in [0.25, 0.3) is 11.0 Å². The van der Waals surface area contributed by atoms with Crippen LogP contribution in [-0.2, 0) is 11.3 Å². The Morgan fingerprint density at radius 2 is 2.03 bits per heavy atom. The summed E-state index contributed by atoms with van der Waals surface area (Å²) in [5.41, 5.74) is 1.18. The van der Waals surface area contributed by atoms with Crippen molar-refractivity contribution in [1.82, 2.24) is 19.9 Å². The zero-order valence-electron chi connectivity index (χ0n) is 17.6. The number of rotatable bonds is 7. The maximum absolute atomic E-state index is 12.9. The SMILES string of the molecule is CC(C)Cn1c(SCC(=O)N[C@H](C)c2ccc3c(c2)OCO3)nc2ncccc2c1=O. The number of amides is 1. The van der Waals surface area contributed by atoms with E-state index in [4.69, 9.17) is 9.47 Å². The molecule has 0 saturated carbocycles. The maximum Gasteiger partial charge on any atom is 0.263 e. The van der Waals surface area contributed by atoms with Crippen molar-refractivity contribution >= 4 is 28.7 Å². The molecule has 0 saturated heterocycles. The van der Waals surface area contributed by atoms with E-state index in [9.17, 15) is 9.59 Å². The average Bonchev–Trinajstić information content (AvgIpc) is 3.22. The van der Waals surface area contributed by atoms with Crippen molar-refractivity contribution in [2.24, 2.45) is 5.92 Å². The molecule has 1 aliphatic rings. The van der Waals surface area contributed by atoms with Crippen molar-refractivity contribution in [3.05, 3.63) is 52.4 Å². The highest BCUT2D eigenvalue weighted by Crippen LogP contribution is 2.34. The summed E-state index contributed by atoms with van der Waals surface area (Å²) in [6.45, 7) is 6.71. The Morgan fingerprint density at radius 1 is 1.23 bits per heavy atom. The van der Waals surface area contributed by atoms with Gasteiger partial charge in [0.15, 0.2) is 22.3 Å². The predicted octanol–water partition coefficient (Wildman–Crippen LogP) is 3.15. The number of ether oxygens (including phenoxy) is 2. The Kier molecular flexibility index (Phi) is 6.13. The van der Waals surface area contributed by atoms with Crippen molar-refractivity contribution < 1.29 is 14.3 Å². The van der Waals surface area contributed by atoms with Gasteiger partial charge in [-0.15, -0.1) is 0 Å². The molecule has 1 atom stereocenters. The molecule has 0 unspecified atom stereocenters. The van der Waals surface area contributed by atoms with E-state index in [1.807, 2.05) is 39.0 Å². The number of pyridine rings is 1. The molecule has 0 fully saturated rings. The predicted molar refractivity (Wildman–Crippen MR) is 118 cm³/mol. The molecule has 4 rings (SSSR count). The van der Waals surface area contributed by atoms with E-state index in [1.165, 1.54) is 11.8 Å². The van der Waals surface area contributed by atoms with Gasteiger partial charge in [0, 0.05) is 12.7 Å². The van der Waals surface area contributed by atoms with E-state index >= 15 is 0 Å². The van der Waals surface area contributed by atoms with Crippen LogP contribution in [0.4, 0.5) is 0 Å². The number of hydrogen-bond acceptors (Lipinski definition) is 7. The van der Waals surface area contributed by atoms with Crippen LogP contribution >= 0.6 is 11.8 Å². The molecule has 0 bridgehead atoms. The lowest BCUT2D eigenvalue weighted by molar-refractivity contribution is -0.119. The summed E-state index contributed by atoms with van der Waals surface area (Å²) in [5, 5.41) is 3.96. The largest absolute Gasteiger partial charge is 0.454 e. The van der Waals surface area contributed by atoms with E-state index in [1.54, 1.807) is 22.9 Å². The molecule has 1 aromatic carbocycles. The van der Waals surface area contributed by atoms with E-state index in [2.05, 4.69) is 15.3 Å². The second-order valence-electron chi connectivity index (χ2n) is 7.77. The van der Waals surface area contributed by atoms with Gasteiger partial charge in [-0.1, -0.05) is 31.7 Å². The summed E-state index contributed by atoms with van der Waals surface area (Å²) in [5.74, 6) is 1.63. The van der Waals surface area contributed by atoms with Crippen LogP contribution in [0.3, 0.4) is 0 Å². The summed E-state index contributed by atoms with van der Waals surface area (Å²) < 4.78 is 12.4. The third-order valence-corrected chi connectivity index (χ3v) is 5.83. The van der Waals surface area contributed by atoms with E-state index in [-0.39, 0.29) is 36.0 Å². The highest BCUT2D eigenvalue weighted by atomic mass is 32.2. The maximum atomic E-state index is 12.9. The molecule has 0 radical (unpaired) electrons. The monoisotopic (exact) mass is 440 g/mol. The zero-order valence-corrected chi connectivity index (χ0v) is 18.4. The van der Waals surface area contributed by atoms with Crippen LogP contribution in [0.5, 0.6) is 11.5 Å². The third kappa shape index (κ3) is 4.66.